The fraction of sp³-hybridized carbons (Fsp3) is 0.192. The van der Waals surface area contributed by atoms with Gasteiger partial charge in [-0.05, 0) is 61.4 Å². The van der Waals surface area contributed by atoms with Crippen molar-refractivity contribution in [2.75, 3.05) is 11.9 Å². The van der Waals surface area contributed by atoms with Gasteiger partial charge in [0.2, 0.25) is 0 Å². The molecule has 1 amide bonds. The molecule has 1 N–H and O–H groups in total. The number of ketones is 1. The molecule has 0 saturated heterocycles. The molecular formula is C26H23NO6S. The summed E-state index contributed by atoms with van der Waals surface area (Å²) >= 11 is 1.04. The van der Waals surface area contributed by atoms with Crippen molar-refractivity contribution < 1.29 is 28.3 Å². The van der Waals surface area contributed by atoms with Crippen LogP contribution in [0.2, 0.25) is 0 Å². The standard InChI is InChI=1S/C26H23NO6S/c1-4-31-26(30)22-15(2)23(16(3)28)34-25(22)27-24(29)21-12-11-20(33-21)14-32-19-10-9-17-7-5-6-8-18(17)13-19/h5-13H,4,14H2,1-3H3,(H,27,29). The Bertz CT molecular complexity index is 1380. The fourth-order valence-electron chi connectivity index (χ4n) is 3.54. The molecule has 0 radical (unpaired) electrons. The fourth-order valence-corrected chi connectivity index (χ4v) is 4.63. The molecule has 8 heteroatoms. The molecule has 2 aromatic carbocycles. The number of esters is 1. The molecule has 2 heterocycles. The number of nitrogens with one attached hydrogen (secondary N) is 1. The van der Waals surface area contributed by atoms with Crippen LogP contribution in [0.15, 0.2) is 59.0 Å². The molecule has 4 rings (SSSR count). The molecule has 0 unspecified atom stereocenters. The van der Waals surface area contributed by atoms with Crippen LogP contribution < -0.4 is 10.1 Å². The van der Waals surface area contributed by atoms with Crippen molar-refractivity contribution >= 4 is 44.8 Å². The Hall–Kier alpha value is -3.91. The van der Waals surface area contributed by atoms with Gasteiger partial charge in [0.1, 0.15) is 23.1 Å². The quantitative estimate of drug-likeness (QED) is 0.247. The number of anilines is 1. The van der Waals surface area contributed by atoms with Crippen LogP contribution in [-0.2, 0) is 11.3 Å². The molecule has 34 heavy (non-hydrogen) atoms. The van der Waals surface area contributed by atoms with E-state index in [1.54, 1.807) is 19.9 Å². The third-order valence-corrected chi connectivity index (χ3v) is 6.47. The van der Waals surface area contributed by atoms with Crippen LogP contribution in [0, 0.1) is 6.92 Å². The van der Waals surface area contributed by atoms with E-state index in [0.29, 0.717) is 22.0 Å². The number of carbonyl (C=O) groups excluding carboxylic acids is 3. The summed E-state index contributed by atoms with van der Waals surface area (Å²) in [5.74, 6) is -0.120. The van der Waals surface area contributed by atoms with Gasteiger partial charge in [-0.3, -0.25) is 9.59 Å². The van der Waals surface area contributed by atoms with E-state index in [4.69, 9.17) is 13.9 Å². The zero-order chi connectivity index (χ0) is 24.2. The number of furan rings is 1. The predicted molar refractivity (Wildman–Crippen MR) is 130 cm³/mol. The molecule has 174 valence electrons. The maximum atomic E-state index is 12.8. The lowest BCUT2D eigenvalue weighted by atomic mass is 10.1. The van der Waals surface area contributed by atoms with Crippen LogP contribution in [0.5, 0.6) is 5.75 Å². The first-order valence-corrected chi connectivity index (χ1v) is 11.5. The van der Waals surface area contributed by atoms with Crippen molar-refractivity contribution in [3.8, 4) is 5.75 Å². The summed E-state index contributed by atoms with van der Waals surface area (Å²) in [5.41, 5.74) is 0.659. The third-order valence-electron chi connectivity index (χ3n) is 5.16. The number of Topliss-reactive ketones (excluding diaryl/α,β-unsaturated/α-hetero) is 1. The Morgan fingerprint density at radius 1 is 1.03 bits per heavy atom. The Morgan fingerprint density at radius 2 is 1.79 bits per heavy atom. The Morgan fingerprint density at radius 3 is 2.53 bits per heavy atom. The van der Waals surface area contributed by atoms with Gasteiger partial charge < -0.3 is 19.2 Å². The van der Waals surface area contributed by atoms with Crippen molar-refractivity contribution in [1.29, 1.82) is 0 Å². The molecule has 2 aromatic heterocycles. The Balaban J connectivity index is 1.47. The normalized spacial score (nSPS) is 10.8. The van der Waals surface area contributed by atoms with Crippen LogP contribution in [0.3, 0.4) is 0 Å². The van der Waals surface area contributed by atoms with Crippen LogP contribution in [0.4, 0.5) is 5.00 Å². The lowest BCUT2D eigenvalue weighted by Crippen LogP contribution is -2.14. The highest BCUT2D eigenvalue weighted by atomic mass is 32.1. The SMILES string of the molecule is CCOC(=O)c1c(NC(=O)c2ccc(COc3ccc4ccccc4c3)o2)sc(C(C)=O)c1C. The predicted octanol–water partition coefficient (Wildman–Crippen LogP) is 6.01. The van der Waals surface area contributed by atoms with Gasteiger partial charge >= 0.3 is 5.97 Å². The van der Waals surface area contributed by atoms with E-state index in [1.165, 1.54) is 13.0 Å². The second-order valence-electron chi connectivity index (χ2n) is 7.55. The number of fused-ring (bicyclic) bond motifs is 1. The number of thiophene rings is 1. The van der Waals surface area contributed by atoms with E-state index >= 15 is 0 Å². The molecule has 4 aromatic rings. The Kier molecular flexibility index (Phi) is 6.79. The molecular weight excluding hydrogens is 454 g/mol. The highest BCUT2D eigenvalue weighted by Crippen LogP contribution is 2.34. The average Bonchev–Trinajstić information content (AvgIpc) is 3.42. The van der Waals surface area contributed by atoms with E-state index in [2.05, 4.69) is 5.32 Å². The molecule has 0 fully saturated rings. The van der Waals surface area contributed by atoms with Gasteiger partial charge in [-0.2, -0.15) is 0 Å². The van der Waals surface area contributed by atoms with Gasteiger partial charge in [0, 0.05) is 0 Å². The first-order valence-electron chi connectivity index (χ1n) is 10.7. The minimum atomic E-state index is -0.594. The largest absolute Gasteiger partial charge is 0.486 e. The molecule has 7 nitrogen and oxygen atoms in total. The molecule has 0 aliphatic carbocycles. The molecule has 0 atom stereocenters. The van der Waals surface area contributed by atoms with Crippen molar-refractivity contribution in [3.63, 3.8) is 0 Å². The smallest absolute Gasteiger partial charge is 0.341 e. The summed E-state index contributed by atoms with van der Waals surface area (Å²) in [4.78, 5) is 37.6. The van der Waals surface area contributed by atoms with E-state index in [0.717, 1.165) is 22.1 Å². The second kappa shape index (κ2) is 9.93. The summed E-state index contributed by atoms with van der Waals surface area (Å²) in [6.07, 6.45) is 0. The van der Waals surface area contributed by atoms with Gasteiger partial charge in [-0.25, -0.2) is 4.79 Å². The van der Waals surface area contributed by atoms with Gasteiger partial charge in [-0.15, -0.1) is 11.3 Å². The number of carbonyl (C=O) groups is 3. The maximum Gasteiger partial charge on any atom is 0.341 e. The lowest BCUT2D eigenvalue weighted by Gasteiger charge is -2.07. The summed E-state index contributed by atoms with van der Waals surface area (Å²) in [7, 11) is 0. The summed E-state index contributed by atoms with van der Waals surface area (Å²) in [6, 6.07) is 17.0. The second-order valence-corrected chi connectivity index (χ2v) is 8.58. The van der Waals surface area contributed by atoms with Crippen molar-refractivity contribution in [3.05, 3.63) is 82.1 Å². The molecule has 0 spiro atoms. The first-order chi connectivity index (χ1) is 16.4. The van der Waals surface area contributed by atoms with E-state index in [9.17, 15) is 14.4 Å². The Labute approximate surface area is 200 Å². The van der Waals surface area contributed by atoms with Crippen LogP contribution in [0.25, 0.3) is 10.8 Å². The van der Waals surface area contributed by atoms with E-state index in [-0.39, 0.29) is 35.3 Å². The summed E-state index contributed by atoms with van der Waals surface area (Å²) < 4.78 is 16.6. The van der Waals surface area contributed by atoms with E-state index in [1.807, 2.05) is 42.5 Å². The zero-order valence-electron chi connectivity index (χ0n) is 19.0. The van der Waals surface area contributed by atoms with Gasteiger partial charge in [0.05, 0.1) is 17.0 Å². The summed E-state index contributed by atoms with van der Waals surface area (Å²) in [5, 5.41) is 5.11. The maximum absolute atomic E-state index is 12.8. The molecule has 0 bridgehead atoms. The van der Waals surface area contributed by atoms with Gasteiger partial charge in [0.25, 0.3) is 5.91 Å². The van der Waals surface area contributed by atoms with Gasteiger partial charge in [0.15, 0.2) is 11.5 Å². The zero-order valence-corrected chi connectivity index (χ0v) is 19.8. The van der Waals surface area contributed by atoms with Crippen LogP contribution in [-0.4, -0.2) is 24.3 Å². The minimum absolute atomic E-state index is 0.0577. The number of benzene rings is 2. The number of ether oxygens (including phenoxy) is 2. The summed E-state index contributed by atoms with van der Waals surface area (Å²) in [6.45, 7) is 5.08. The topological polar surface area (TPSA) is 94.8 Å². The van der Waals surface area contributed by atoms with Crippen molar-refractivity contribution in [2.45, 2.75) is 27.4 Å². The average molecular weight is 478 g/mol. The first kappa shape index (κ1) is 23.3. The van der Waals surface area contributed by atoms with Gasteiger partial charge in [-0.1, -0.05) is 30.3 Å². The lowest BCUT2D eigenvalue weighted by molar-refractivity contribution is 0.0527. The highest BCUT2D eigenvalue weighted by molar-refractivity contribution is 7.18. The number of hydrogen-bond donors (Lipinski definition) is 1. The monoisotopic (exact) mass is 477 g/mol. The third kappa shape index (κ3) is 4.87. The molecule has 0 saturated carbocycles. The van der Waals surface area contributed by atoms with Crippen molar-refractivity contribution in [1.82, 2.24) is 0 Å². The minimum Gasteiger partial charge on any atom is -0.486 e. The molecule has 0 aliphatic rings. The van der Waals surface area contributed by atoms with E-state index < -0.39 is 11.9 Å². The number of hydrogen-bond acceptors (Lipinski definition) is 7. The number of amides is 1. The van der Waals surface area contributed by atoms with Crippen molar-refractivity contribution in [2.24, 2.45) is 0 Å². The highest BCUT2D eigenvalue weighted by Gasteiger charge is 2.26. The van der Waals surface area contributed by atoms with Crippen LogP contribution in [0.1, 0.15) is 55.8 Å². The van der Waals surface area contributed by atoms with Crippen LogP contribution >= 0.6 is 11.3 Å². The number of rotatable bonds is 8. The molecule has 0 aliphatic heterocycles.